The highest BCUT2D eigenvalue weighted by atomic mass is 79.9. The first-order valence-electron chi connectivity index (χ1n) is 12.8. The Labute approximate surface area is 250 Å². The minimum atomic E-state index is -0.459. The molecule has 1 aliphatic heterocycles. The summed E-state index contributed by atoms with van der Waals surface area (Å²) in [4.78, 5) is 37.7. The Morgan fingerprint density at radius 2 is 1.76 bits per heavy atom. The monoisotopic (exact) mass is 640 g/mol. The van der Waals surface area contributed by atoms with Crippen molar-refractivity contribution in [1.29, 1.82) is 0 Å². The van der Waals surface area contributed by atoms with Gasteiger partial charge in [-0.25, -0.2) is 0 Å². The van der Waals surface area contributed by atoms with Gasteiger partial charge < -0.3 is 14.2 Å². The number of rotatable bonds is 11. The third-order valence-electron chi connectivity index (χ3n) is 6.35. The number of carbonyl (C=O) groups is 2. The van der Waals surface area contributed by atoms with Gasteiger partial charge in [0.05, 0.1) is 23.5 Å². The van der Waals surface area contributed by atoms with Gasteiger partial charge in [0.2, 0.25) is 0 Å². The Bertz CT molecular complexity index is 1510. The fourth-order valence-corrected chi connectivity index (χ4v) is 5.43. The van der Waals surface area contributed by atoms with Crippen LogP contribution in [0, 0.1) is 17.0 Å². The molecule has 0 N–H and O–H groups in total. The number of nitro benzene ring substituents is 1. The summed E-state index contributed by atoms with van der Waals surface area (Å²) in [5, 5.41) is 10.5. The number of halogens is 1. The van der Waals surface area contributed by atoms with Crippen molar-refractivity contribution in [2.24, 2.45) is 0 Å². The molecule has 1 heterocycles. The van der Waals surface area contributed by atoms with Crippen molar-refractivity contribution in [3.05, 3.63) is 96.3 Å². The number of ether oxygens (including phenoxy) is 3. The molecule has 9 nitrogen and oxygen atoms in total. The van der Waals surface area contributed by atoms with Crippen molar-refractivity contribution in [2.45, 2.75) is 33.3 Å². The summed E-state index contributed by atoms with van der Waals surface area (Å²) in [6.07, 6.45) is 1.63. The molecule has 0 aromatic heterocycles. The Hall–Kier alpha value is -3.83. The fraction of sp³-hybridized carbons (Fsp3) is 0.267. The van der Waals surface area contributed by atoms with Gasteiger partial charge in [-0.15, -0.1) is 0 Å². The largest absolute Gasteiger partial charge is 0.493 e. The lowest BCUT2D eigenvalue weighted by atomic mass is 10.0. The molecule has 1 fully saturated rings. The van der Waals surface area contributed by atoms with E-state index in [0.29, 0.717) is 21.5 Å². The number of nitro groups is 1. The van der Waals surface area contributed by atoms with E-state index in [1.165, 1.54) is 24.1 Å². The molecule has 0 spiro atoms. The molecule has 3 aromatic rings. The third kappa shape index (κ3) is 7.28. The zero-order valence-corrected chi connectivity index (χ0v) is 25.4. The Morgan fingerprint density at radius 3 is 2.41 bits per heavy atom. The summed E-state index contributed by atoms with van der Waals surface area (Å²) in [5.74, 6) is 1.51. The lowest BCUT2D eigenvalue weighted by Crippen LogP contribution is -2.32. The molecular formula is C30H29BrN2O7S. The standard InChI is InChI=1S/C30H29BrN2O7S/c1-18(2)23-10-5-19(3)13-25(23)39-12-11-32-29(34)28(41-30(32)35)15-21-14-26(38-4)27(16-24(21)31)40-17-20-6-8-22(9-7-20)33(36)37/h5-10,13-16,18H,11-12,17H2,1-4H3/b28-15-. The normalized spacial score (nSPS) is 14.2. The number of aryl methyl sites for hydroxylation is 1. The van der Waals surface area contributed by atoms with Crippen LogP contribution < -0.4 is 14.2 Å². The van der Waals surface area contributed by atoms with Gasteiger partial charge >= 0.3 is 0 Å². The number of nitrogens with zero attached hydrogens (tertiary/aromatic N) is 2. The van der Waals surface area contributed by atoms with Crippen LogP contribution in [0.5, 0.6) is 17.2 Å². The maximum Gasteiger partial charge on any atom is 0.293 e. The first kappa shape index (κ1) is 30.1. The average Bonchev–Trinajstić information content (AvgIpc) is 3.20. The van der Waals surface area contributed by atoms with Gasteiger partial charge in [-0.3, -0.25) is 24.6 Å². The Morgan fingerprint density at radius 1 is 1.02 bits per heavy atom. The maximum atomic E-state index is 13.1. The predicted octanol–water partition coefficient (Wildman–Crippen LogP) is 7.49. The van der Waals surface area contributed by atoms with Crippen LogP contribution in [0.4, 0.5) is 10.5 Å². The minimum absolute atomic E-state index is 0.00177. The second kappa shape index (κ2) is 13.2. The van der Waals surface area contributed by atoms with Crippen molar-refractivity contribution in [1.82, 2.24) is 4.90 Å². The minimum Gasteiger partial charge on any atom is -0.493 e. The van der Waals surface area contributed by atoms with E-state index in [-0.39, 0.29) is 47.4 Å². The molecule has 0 radical (unpaired) electrons. The second-order valence-electron chi connectivity index (χ2n) is 9.61. The first-order chi connectivity index (χ1) is 19.6. The molecular weight excluding hydrogens is 612 g/mol. The summed E-state index contributed by atoms with van der Waals surface area (Å²) in [5.41, 5.74) is 3.53. The molecule has 1 aliphatic rings. The molecule has 1 saturated heterocycles. The highest BCUT2D eigenvalue weighted by Crippen LogP contribution is 2.38. The van der Waals surface area contributed by atoms with Crippen LogP contribution >= 0.6 is 27.7 Å². The number of non-ortho nitro benzene ring substituents is 1. The Kier molecular flexibility index (Phi) is 9.72. The molecule has 41 heavy (non-hydrogen) atoms. The van der Waals surface area contributed by atoms with Crippen LogP contribution in [0.3, 0.4) is 0 Å². The van der Waals surface area contributed by atoms with E-state index in [1.54, 1.807) is 30.3 Å². The quantitative estimate of drug-likeness (QED) is 0.120. The second-order valence-corrected chi connectivity index (χ2v) is 11.5. The van der Waals surface area contributed by atoms with E-state index >= 15 is 0 Å². The molecule has 3 aromatic carbocycles. The van der Waals surface area contributed by atoms with Crippen molar-refractivity contribution < 1.29 is 28.7 Å². The number of methoxy groups -OCH3 is 1. The van der Waals surface area contributed by atoms with Crippen molar-refractivity contribution >= 4 is 50.6 Å². The number of benzene rings is 3. The van der Waals surface area contributed by atoms with Gasteiger partial charge in [0, 0.05) is 16.6 Å². The topological polar surface area (TPSA) is 108 Å². The number of carbonyl (C=O) groups excluding carboxylic acids is 2. The van der Waals surface area contributed by atoms with Gasteiger partial charge in [-0.05, 0) is 83.3 Å². The summed E-state index contributed by atoms with van der Waals surface area (Å²) < 4.78 is 18.0. The molecule has 11 heteroatoms. The smallest absolute Gasteiger partial charge is 0.293 e. The SMILES string of the molecule is COc1cc(/C=C2\SC(=O)N(CCOc3cc(C)ccc3C(C)C)C2=O)c(Br)cc1OCc1ccc([N+](=O)[O-])cc1. The molecule has 0 atom stereocenters. The number of amides is 2. The summed E-state index contributed by atoms with van der Waals surface area (Å²) in [7, 11) is 1.50. The highest BCUT2D eigenvalue weighted by molar-refractivity contribution is 9.10. The lowest BCUT2D eigenvalue weighted by Gasteiger charge is -2.17. The van der Waals surface area contributed by atoms with Gasteiger partial charge in [0.1, 0.15) is 19.0 Å². The van der Waals surface area contributed by atoms with E-state index in [9.17, 15) is 19.7 Å². The first-order valence-corrected chi connectivity index (χ1v) is 14.4. The van der Waals surface area contributed by atoms with E-state index < -0.39 is 4.92 Å². The average molecular weight is 642 g/mol. The van der Waals surface area contributed by atoms with E-state index in [0.717, 1.165) is 34.2 Å². The molecule has 0 saturated carbocycles. The van der Waals surface area contributed by atoms with Gasteiger partial charge in [-0.1, -0.05) is 41.9 Å². The van der Waals surface area contributed by atoms with Crippen molar-refractivity contribution in [3.8, 4) is 17.2 Å². The highest BCUT2D eigenvalue weighted by Gasteiger charge is 2.35. The summed E-state index contributed by atoms with van der Waals surface area (Å²) in [6.45, 7) is 6.65. The van der Waals surface area contributed by atoms with E-state index in [1.807, 2.05) is 25.1 Å². The third-order valence-corrected chi connectivity index (χ3v) is 7.94. The predicted molar refractivity (Wildman–Crippen MR) is 162 cm³/mol. The number of thioether (sulfide) groups is 1. The van der Waals surface area contributed by atoms with Gasteiger partial charge in [0.25, 0.3) is 16.8 Å². The number of hydrogen-bond donors (Lipinski definition) is 0. The number of hydrogen-bond acceptors (Lipinski definition) is 8. The fourth-order valence-electron chi connectivity index (χ4n) is 4.13. The van der Waals surface area contributed by atoms with Crippen molar-refractivity contribution in [2.75, 3.05) is 20.3 Å². The number of imide groups is 1. The van der Waals surface area contributed by atoms with Crippen LogP contribution in [0.15, 0.2) is 64.0 Å². The summed E-state index contributed by atoms with van der Waals surface area (Å²) >= 11 is 4.39. The zero-order chi connectivity index (χ0) is 29.7. The molecule has 0 bridgehead atoms. The van der Waals surface area contributed by atoms with Crippen LogP contribution in [-0.4, -0.2) is 41.2 Å². The maximum absolute atomic E-state index is 13.1. The van der Waals surface area contributed by atoms with Crippen LogP contribution in [0.25, 0.3) is 6.08 Å². The van der Waals surface area contributed by atoms with Crippen LogP contribution in [0.1, 0.15) is 42.0 Å². The van der Waals surface area contributed by atoms with Gasteiger partial charge in [-0.2, -0.15) is 0 Å². The van der Waals surface area contributed by atoms with E-state index in [4.69, 9.17) is 14.2 Å². The molecule has 0 unspecified atom stereocenters. The molecule has 214 valence electrons. The lowest BCUT2D eigenvalue weighted by molar-refractivity contribution is -0.384. The summed E-state index contributed by atoms with van der Waals surface area (Å²) in [6, 6.07) is 15.5. The molecule has 4 rings (SSSR count). The van der Waals surface area contributed by atoms with Crippen LogP contribution in [0.2, 0.25) is 0 Å². The van der Waals surface area contributed by atoms with Crippen molar-refractivity contribution in [3.63, 3.8) is 0 Å². The van der Waals surface area contributed by atoms with Crippen LogP contribution in [-0.2, 0) is 11.4 Å². The Balaban J connectivity index is 1.43. The van der Waals surface area contributed by atoms with E-state index in [2.05, 4.69) is 29.8 Å². The van der Waals surface area contributed by atoms with Gasteiger partial charge in [0.15, 0.2) is 11.5 Å². The molecule has 0 aliphatic carbocycles. The zero-order valence-electron chi connectivity index (χ0n) is 23.0. The molecule has 2 amide bonds.